The Hall–Kier alpha value is -0.560. The largest absolute Gasteiger partial charge is 0.0772 e. The molecule has 0 aliphatic rings. The molecule has 0 aromatic heterocycles. The third-order valence-electron chi connectivity index (χ3n) is 2.24. The van der Waals surface area contributed by atoms with E-state index in [4.69, 9.17) is 0 Å². The maximum absolute atomic E-state index is 3.43. The lowest BCUT2D eigenvalue weighted by atomic mass is 10.0. The highest BCUT2D eigenvalue weighted by atomic mass is 79.9. The van der Waals surface area contributed by atoms with Crippen LogP contribution in [0.15, 0.2) is 39.9 Å². The van der Waals surface area contributed by atoms with Crippen molar-refractivity contribution in [1.82, 2.24) is 0 Å². The molecule has 0 fully saturated rings. The van der Waals surface area contributed by atoms with Crippen LogP contribution in [0.25, 0.3) is 0 Å². The Balaban J connectivity index is 2.76. The zero-order valence-corrected chi connectivity index (χ0v) is 9.98. The van der Waals surface area contributed by atoms with Crippen molar-refractivity contribution >= 4 is 15.9 Å². The van der Waals surface area contributed by atoms with Gasteiger partial charge in [-0.05, 0) is 44.9 Å². The van der Waals surface area contributed by atoms with Crippen LogP contribution in [-0.2, 0) is 6.42 Å². The van der Waals surface area contributed by atoms with E-state index in [1.807, 2.05) is 0 Å². The smallest absolute Gasteiger partial charge is 0.0175 e. The van der Waals surface area contributed by atoms with Crippen LogP contribution in [0.2, 0.25) is 0 Å². The Morgan fingerprint density at radius 2 is 1.62 bits per heavy atom. The topological polar surface area (TPSA) is 0 Å². The van der Waals surface area contributed by atoms with Gasteiger partial charge in [-0.15, -0.1) is 0 Å². The normalized spacial score (nSPS) is 9.85. The molecule has 1 aromatic rings. The van der Waals surface area contributed by atoms with Gasteiger partial charge >= 0.3 is 0 Å². The van der Waals surface area contributed by atoms with Gasteiger partial charge in [-0.25, -0.2) is 0 Å². The monoisotopic (exact) mass is 238 g/mol. The predicted molar refractivity (Wildman–Crippen MR) is 61.9 cm³/mol. The highest BCUT2D eigenvalue weighted by Gasteiger charge is 1.95. The van der Waals surface area contributed by atoms with Crippen molar-refractivity contribution in [2.75, 3.05) is 0 Å². The lowest BCUT2D eigenvalue weighted by molar-refractivity contribution is 1.09. The molecule has 0 aliphatic heterocycles. The van der Waals surface area contributed by atoms with Crippen LogP contribution in [0.5, 0.6) is 0 Å². The summed E-state index contributed by atoms with van der Waals surface area (Å²) in [7, 11) is 0. The lowest BCUT2D eigenvalue weighted by Crippen LogP contribution is -1.88. The van der Waals surface area contributed by atoms with E-state index in [9.17, 15) is 0 Å². The van der Waals surface area contributed by atoms with Crippen LogP contribution in [-0.4, -0.2) is 0 Å². The average Bonchev–Trinajstić information content (AvgIpc) is 2.08. The van der Waals surface area contributed by atoms with Crippen molar-refractivity contribution in [2.45, 2.75) is 27.2 Å². The summed E-state index contributed by atoms with van der Waals surface area (Å²) in [6, 6.07) is 8.51. The SMILES string of the molecule is CC(C)=C(C)Cc1ccc(Br)cc1. The molecule has 13 heavy (non-hydrogen) atoms. The fraction of sp³-hybridized carbons (Fsp3) is 0.333. The van der Waals surface area contributed by atoms with Gasteiger partial charge in [-0.1, -0.05) is 39.2 Å². The summed E-state index contributed by atoms with van der Waals surface area (Å²) in [5.74, 6) is 0. The second-order valence-corrected chi connectivity index (χ2v) is 4.50. The molecule has 0 heterocycles. The van der Waals surface area contributed by atoms with Crippen LogP contribution < -0.4 is 0 Å². The second-order valence-electron chi connectivity index (χ2n) is 3.58. The molecule has 0 aliphatic carbocycles. The number of rotatable bonds is 2. The van der Waals surface area contributed by atoms with Crippen LogP contribution >= 0.6 is 15.9 Å². The van der Waals surface area contributed by atoms with Gasteiger partial charge in [0.1, 0.15) is 0 Å². The molecule has 0 radical (unpaired) electrons. The third-order valence-corrected chi connectivity index (χ3v) is 2.76. The van der Waals surface area contributed by atoms with Crippen LogP contribution in [0, 0.1) is 0 Å². The van der Waals surface area contributed by atoms with Crippen LogP contribution in [0.4, 0.5) is 0 Å². The number of halogens is 1. The maximum atomic E-state index is 3.43. The molecule has 70 valence electrons. The van der Waals surface area contributed by atoms with E-state index in [2.05, 4.69) is 61.0 Å². The number of hydrogen-bond donors (Lipinski definition) is 0. The molecule has 0 bridgehead atoms. The fourth-order valence-corrected chi connectivity index (χ4v) is 1.35. The van der Waals surface area contributed by atoms with Crippen molar-refractivity contribution in [3.63, 3.8) is 0 Å². The average molecular weight is 239 g/mol. The van der Waals surface area contributed by atoms with E-state index in [-0.39, 0.29) is 0 Å². The molecule has 0 spiro atoms. The minimum Gasteiger partial charge on any atom is -0.0772 e. The summed E-state index contributed by atoms with van der Waals surface area (Å²) in [5.41, 5.74) is 4.26. The first kappa shape index (κ1) is 10.5. The Kier molecular flexibility index (Phi) is 3.73. The molecule has 0 amide bonds. The van der Waals surface area contributed by atoms with Gasteiger partial charge in [-0.2, -0.15) is 0 Å². The van der Waals surface area contributed by atoms with Gasteiger partial charge < -0.3 is 0 Å². The highest BCUT2D eigenvalue weighted by Crippen LogP contribution is 2.14. The molecule has 0 atom stereocenters. The van der Waals surface area contributed by atoms with Crippen molar-refractivity contribution in [2.24, 2.45) is 0 Å². The van der Waals surface area contributed by atoms with Crippen LogP contribution in [0.3, 0.4) is 0 Å². The van der Waals surface area contributed by atoms with E-state index in [0.717, 1.165) is 10.9 Å². The first-order valence-electron chi connectivity index (χ1n) is 4.47. The zero-order chi connectivity index (χ0) is 9.84. The van der Waals surface area contributed by atoms with Gasteiger partial charge in [0.2, 0.25) is 0 Å². The van der Waals surface area contributed by atoms with E-state index >= 15 is 0 Å². The molecular formula is C12H15Br. The quantitative estimate of drug-likeness (QED) is 0.673. The van der Waals surface area contributed by atoms with E-state index in [1.54, 1.807) is 0 Å². The summed E-state index contributed by atoms with van der Waals surface area (Å²) in [6.07, 6.45) is 1.07. The highest BCUT2D eigenvalue weighted by molar-refractivity contribution is 9.10. The minimum atomic E-state index is 1.07. The van der Waals surface area contributed by atoms with Crippen molar-refractivity contribution in [1.29, 1.82) is 0 Å². The predicted octanol–water partition coefficient (Wildman–Crippen LogP) is 4.35. The van der Waals surface area contributed by atoms with Gasteiger partial charge in [0.05, 0.1) is 0 Å². The molecule has 0 unspecified atom stereocenters. The van der Waals surface area contributed by atoms with Crippen LogP contribution in [0.1, 0.15) is 26.3 Å². The summed E-state index contributed by atoms with van der Waals surface area (Å²) < 4.78 is 1.14. The Morgan fingerprint density at radius 1 is 1.08 bits per heavy atom. The van der Waals surface area contributed by atoms with E-state index in [1.165, 1.54) is 16.7 Å². The summed E-state index contributed by atoms with van der Waals surface area (Å²) in [6.45, 7) is 6.51. The summed E-state index contributed by atoms with van der Waals surface area (Å²) in [4.78, 5) is 0. The van der Waals surface area contributed by atoms with Crippen molar-refractivity contribution in [3.8, 4) is 0 Å². The molecule has 0 saturated heterocycles. The molecule has 0 N–H and O–H groups in total. The Morgan fingerprint density at radius 3 is 2.08 bits per heavy atom. The first-order chi connectivity index (χ1) is 6.09. The molecular weight excluding hydrogens is 224 g/mol. The minimum absolute atomic E-state index is 1.07. The lowest BCUT2D eigenvalue weighted by Gasteiger charge is -2.04. The Labute approximate surface area is 88.8 Å². The number of allylic oxidation sites excluding steroid dienone is 2. The molecule has 0 nitrogen and oxygen atoms in total. The summed E-state index contributed by atoms with van der Waals surface area (Å²) in [5, 5.41) is 0. The van der Waals surface area contributed by atoms with Gasteiger partial charge in [-0.3, -0.25) is 0 Å². The fourth-order valence-electron chi connectivity index (χ4n) is 1.09. The van der Waals surface area contributed by atoms with Gasteiger partial charge in [0.25, 0.3) is 0 Å². The van der Waals surface area contributed by atoms with Gasteiger partial charge in [0, 0.05) is 4.47 Å². The molecule has 1 rings (SSSR count). The number of hydrogen-bond acceptors (Lipinski definition) is 0. The second kappa shape index (κ2) is 4.61. The zero-order valence-electron chi connectivity index (χ0n) is 8.39. The molecule has 1 aromatic carbocycles. The number of benzene rings is 1. The van der Waals surface area contributed by atoms with E-state index < -0.39 is 0 Å². The Bertz CT molecular complexity index is 302. The maximum Gasteiger partial charge on any atom is 0.0175 e. The molecule has 0 saturated carbocycles. The molecule has 1 heteroatoms. The van der Waals surface area contributed by atoms with Gasteiger partial charge in [0.15, 0.2) is 0 Å². The standard InChI is InChI=1S/C12H15Br/c1-9(2)10(3)8-11-4-6-12(13)7-5-11/h4-7H,8H2,1-3H3. The van der Waals surface area contributed by atoms with Crippen molar-refractivity contribution in [3.05, 3.63) is 45.4 Å². The van der Waals surface area contributed by atoms with E-state index in [0.29, 0.717) is 0 Å². The third kappa shape index (κ3) is 3.35. The van der Waals surface area contributed by atoms with Crippen molar-refractivity contribution < 1.29 is 0 Å². The summed E-state index contributed by atoms with van der Waals surface area (Å²) >= 11 is 3.43. The first-order valence-corrected chi connectivity index (χ1v) is 5.26.